The number of halogens is 1. The molecule has 2 aromatic carbocycles. The van der Waals surface area contributed by atoms with Crippen molar-refractivity contribution < 1.29 is 9.50 Å². The molecule has 3 aromatic rings. The van der Waals surface area contributed by atoms with E-state index >= 15 is 0 Å². The van der Waals surface area contributed by atoms with Crippen molar-refractivity contribution in [3.8, 4) is 16.9 Å². The number of hydrogen-bond acceptors (Lipinski definition) is 2. The maximum absolute atomic E-state index is 14.8. The molecule has 3 heteroatoms. The summed E-state index contributed by atoms with van der Waals surface area (Å²) < 4.78 is 14.8. The van der Waals surface area contributed by atoms with Crippen LogP contribution in [0.2, 0.25) is 0 Å². The standard InChI is InChI=1S/C23H24FNO/c1-22(2)6-7-23(3,4)19-12-21(26)17(11-18(19)22)16-9-15-13-25-8-5-14(15)10-20(16)24/h5,8-13,26H,6-7H2,1-4H3. The highest BCUT2D eigenvalue weighted by Gasteiger charge is 2.38. The van der Waals surface area contributed by atoms with Crippen molar-refractivity contribution in [2.45, 2.75) is 51.4 Å². The molecule has 0 atom stereocenters. The first kappa shape index (κ1) is 17.0. The van der Waals surface area contributed by atoms with Crippen molar-refractivity contribution >= 4 is 10.8 Å². The highest BCUT2D eigenvalue weighted by molar-refractivity contribution is 5.88. The molecule has 1 N–H and O–H groups in total. The maximum Gasteiger partial charge on any atom is 0.131 e. The Morgan fingerprint density at radius 3 is 2.23 bits per heavy atom. The molecular weight excluding hydrogens is 325 g/mol. The van der Waals surface area contributed by atoms with Crippen molar-refractivity contribution in [2.24, 2.45) is 0 Å². The molecule has 0 fully saturated rings. The van der Waals surface area contributed by atoms with Gasteiger partial charge in [0.25, 0.3) is 0 Å². The number of rotatable bonds is 1. The van der Waals surface area contributed by atoms with Gasteiger partial charge in [0.2, 0.25) is 0 Å². The summed E-state index contributed by atoms with van der Waals surface area (Å²) in [5.74, 6) is -0.191. The molecule has 2 nitrogen and oxygen atoms in total. The van der Waals surface area contributed by atoms with E-state index < -0.39 is 0 Å². The summed E-state index contributed by atoms with van der Waals surface area (Å²) in [6, 6.07) is 8.92. The van der Waals surface area contributed by atoms with Gasteiger partial charge in [-0.05, 0) is 70.5 Å². The number of benzene rings is 2. The van der Waals surface area contributed by atoms with Gasteiger partial charge in [-0.2, -0.15) is 0 Å². The van der Waals surface area contributed by atoms with Crippen LogP contribution in [-0.4, -0.2) is 10.1 Å². The lowest BCUT2D eigenvalue weighted by Crippen LogP contribution is -2.33. The summed E-state index contributed by atoms with van der Waals surface area (Å²) >= 11 is 0. The van der Waals surface area contributed by atoms with Gasteiger partial charge in [0, 0.05) is 28.9 Å². The Morgan fingerprint density at radius 1 is 0.885 bits per heavy atom. The van der Waals surface area contributed by atoms with Gasteiger partial charge in [-0.25, -0.2) is 4.39 Å². The van der Waals surface area contributed by atoms with Crippen LogP contribution >= 0.6 is 0 Å². The molecule has 0 saturated heterocycles. The normalized spacial score (nSPS) is 17.9. The fourth-order valence-electron chi connectivity index (χ4n) is 4.13. The smallest absolute Gasteiger partial charge is 0.131 e. The molecule has 1 aliphatic rings. The summed E-state index contributed by atoms with van der Waals surface area (Å²) in [6.45, 7) is 8.87. The molecule has 26 heavy (non-hydrogen) atoms. The van der Waals surface area contributed by atoms with Crippen LogP contribution in [0.15, 0.2) is 42.7 Å². The van der Waals surface area contributed by atoms with Gasteiger partial charge in [0.15, 0.2) is 0 Å². The second kappa shape index (κ2) is 5.54. The number of phenols is 1. The Kier molecular flexibility index (Phi) is 3.62. The van der Waals surface area contributed by atoms with E-state index in [0.717, 1.165) is 29.2 Å². The Bertz CT molecular complexity index is 1020. The fraction of sp³-hybridized carbons (Fsp3) is 0.348. The van der Waals surface area contributed by atoms with Crippen LogP contribution in [0.25, 0.3) is 21.9 Å². The second-order valence-electron chi connectivity index (χ2n) is 8.74. The van der Waals surface area contributed by atoms with Gasteiger partial charge in [0.1, 0.15) is 11.6 Å². The average Bonchev–Trinajstić information content (AvgIpc) is 2.58. The Balaban J connectivity index is 1.98. The zero-order valence-corrected chi connectivity index (χ0v) is 15.7. The number of phenolic OH excluding ortho intramolecular Hbond substituents is 1. The van der Waals surface area contributed by atoms with Crippen LogP contribution in [-0.2, 0) is 10.8 Å². The van der Waals surface area contributed by atoms with Crippen LogP contribution < -0.4 is 0 Å². The molecule has 0 amide bonds. The van der Waals surface area contributed by atoms with Crippen molar-refractivity contribution in [3.05, 3.63) is 59.7 Å². The summed E-state index contributed by atoms with van der Waals surface area (Å²) in [4.78, 5) is 4.13. The summed E-state index contributed by atoms with van der Waals surface area (Å²) in [5.41, 5.74) is 3.35. The first-order valence-corrected chi connectivity index (χ1v) is 9.11. The predicted octanol–water partition coefficient (Wildman–Crippen LogP) is 6.10. The third-order valence-corrected chi connectivity index (χ3v) is 5.99. The fourth-order valence-corrected chi connectivity index (χ4v) is 4.13. The Hall–Kier alpha value is -2.42. The molecule has 1 aromatic heterocycles. The van der Waals surface area contributed by atoms with E-state index in [1.807, 2.05) is 12.1 Å². The summed E-state index contributed by atoms with van der Waals surface area (Å²) in [7, 11) is 0. The topological polar surface area (TPSA) is 33.1 Å². The first-order chi connectivity index (χ1) is 12.2. The molecule has 134 valence electrons. The summed E-state index contributed by atoms with van der Waals surface area (Å²) in [6.07, 6.45) is 5.52. The minimum absolute atomic E-state index is 0.00217. The highest BCUT2D eigenvalue weighted by atomic mass is 19.1. The van der Waals surface area contributed by atoms with E-state index in [4.69, 9.17) is 0 Å². The van der Waals surface area contributed by atoms with E-state index in [9.17, 15) is 9.50 Å². The third kappa shape index (κ3) is 2.57. The van der Waals surface area contributed by atoms with Crippen LogP contribution in [0.3, 0.4) is 0 Å². The average molecular weight is 349 g/mol. The largest absolute Gasteiger partial charge is 0.507 e. The number of aromatic hydroxyl groups is 1. The molecule has 4 rings (SSSR count). The molecule has 0 unspecified atom stereocenters. The molecule has 0 aliphatic heterocycles. The lowest BCUT2D eigenvalue weighted by molar-refractivity contribution is 0.330. The van der Waals surface area contributed by atoms with Crippen molar-refractivity contribution in [1.29, 1.82) is 0 Å². The SMILES string of the molecule is CC1(C)CCC(C)(C)c2cc(-c3cc4cnccc4cc3F)c(O)cc21. The maximum atomic E-state index is 14.8. The molecule has 0 bridgehead atoms. The zero-order valence-electron chi connectivity index (χ0n) is 15.7. The van der Waals surface area contributed by atoms with E-state index in [0.29, 0.717) is 11.1 Å². The number of fused-ring (bicyclic) bond motifs is 2. The lowest BCUT2D eigenvalue weighted by atomic mass is 9.62. The minimum atomic E-state index is -0.327. The third-order valence-electron chi connectivity index (χ3n) is 5.99. The molecule has 0 radical (unpaired) electrons. The van der Waals surface area contributed by atoms with Gasteiger partial charge >= 0.3 is 0 Å². The minimum Gasteiger partial charge on any atom is -0.507 e. The first-order valence-electron chi connectivity index (χ1n) is 9.11. The van der Waals surface area contributed by atoms with Gasteiger partial charge in [-0.1, -0.05) is 27.7 Å². The predicted molar refractivity (Wildman–Crippen MR) is 104 cm³/mol. The summed E-state index contributed by atoms with van der Waals surface area (Å²) in [5, 5.41) is 12.4. The van der Waals surface area contributed by atoms with E-state index in [1.54, 1.807) is 24.5 Å². The Labute approximate surface area is 153 Å². The van der Waals surface area contributed by atoms with Gasteiger partial charge in [-0.3, -0.25) is 4.98 Å². The molecule has 1 heterocycles. The van der Waals surface area contributed by atoms with Crippen LogP contribution in [0, 0.1) is 5.82 Å². The van der Waals surface area contributed by atoms with Crippen molar-refractivity contribution in [1.82, 2.24) is 4.98 Å². The van der Waals surface area contributed by atoms with Crippen molar-refractivity contribution in [3.63, 3.8) is 0 Å². The number of pyridine rings is 1. The highest BCUT2D eigenvalue weighted by Crippen LogP contribution is 2.49. The van der Waals surface area contributed by atoms with Crippen LogP contribution in [0.5, 0.6) is 5.75 Å². The quantitative estimate of drug-likeness (QED) is 0.576. The van der Waals surface area contributed by atoms with E-state index in [-0.39, 0.29) is 22.4 Å². The number of hydrogen-bond donors (Lipinski definition) is 1. The molecule has 0 saturated carbocycles. The monoisotopic (exact) mass is 349 g/mol. The van der Waals surface area contributed by atoms with Crippen LogP contribution in [0.1, 0.15) is 51.7 Å². The van der Waals surface area contributed by atoms with Crippen molar-refractivity contribution in [2.75, 3.05) is 0 Å². The second-order valence-corrected chi connectivity index (χ2v) is 8.74. The zero-order chi connectivity index (χ0) is 18.7. The van der Waals surface area contributed by atoms with E-state index in [1.165, 1.54) is 11.6 Å². The number of aromatic nitrogens is 1. The Morgan fingerprint density at radius 2 is 1.54 bits per heavy atom. The molecule has 0 spiro atoms. The van der Waals surface area contributed by atoms with Gasteiger partial charge in [-0.15, -0.1) is 0 Å². The lowest BCUT2D eigenvalue weighted by Gasteiger charge is -2.42. The van der Waals surface area contributed by atoms with Gasteiger partial charge < -0.3 is 5.11 Å². The van der Waals surface area contributed by atoms with Crippen LogP contribution in [0.4, 0.5) is 4.39 Å². The number of nitrogens with zero attached hydrogens (tertiary/aromatic N) is 1. The molecular formula is C23H24FNO. The van der Waals surface area contributed by atoms with E-state index in [2.05, 4.69) is 32.7 Å². The molecule has 1 aliphatic carbocycles. The van der Waals surface area contributed by atoms with Gasteiger partial charge in [0.05, 0.1) is 0 Å².